The molecule has 2 aliphatic carbocycles. The summed E-state index contributed by atoms with van der Waals surface area (Å²) in [5.41, 5.74) is 2.04. The van der Waals surface area contributed by atoms with Crippen LogP contribution in [0, 0.1) is 16.6 Å². The van der Waals surface area contributed by atoms with Gasteiger partial charge >= 0.3 is 0 Å². The Morgan fingerprint density at radius 2 is 1.36 bits per heavy atom. The molecule has 0 fully saturated rings. The van der Waals surface area contributed by atoms with E-state index in [1.807, 2.05) is 20.8 Å². The highest BCUT2D eigenvalue weighted by Crippen LogP contribution is 2.48. The number of aliphatic hydroxyl groups is 1. The van der Waals surface area contributed by atoms with Crippen molar-refractivity contribution in [2.24, 2.45) is 10.8 Å². The maximum absolute atomic E-state index is 13.5. The molecule has 1 atom stereocenters. The van der Waals surface area contributed by atoms with Gasteiger partial charge in [-0.2, -0.15) is 0 Å². The van der Waals surface area contributed by atoms with E-state index in [1.165, 1.54) is 12.1 Å². The van der Waals surface area contributed by atoms with Gasteiger partial charge in [0.05, 0.1) is 0 Å². The topological polar surface area (TPSA) is 54.4 Å². The van der Waals surface area contributed by atoms with Crippen LogP contribution < -0.4 is 0 Å². The number of allylic oxidation sites excluding steroid dienone is 4. The number of aliphatic hydroxyl groups excluding tert-OH is 1. The Morgan fingerprint density at radius 3 is 1.86 bits per heavy atom. The van der Waals surface area contributed by atoms with Crippen LogP contribution in [0.1, 0.15) is 71.8 Å². The fourth-order valence-electron chi connectivity index (χ4n) is 4.81. The predicted octanol–water partition coefficient (Wildman–Crippen LogP) is 5.82. The summed E-state index contributed by atoms with van der Waals surface area (Å²) < 4.78 is 13.5. The van der Waals surface area contributed by atoms with E-state index in [0.717, 1.165) is 12.0 Å². The molecule has 1 aromatic rings. The van der Waals surface area contributed by atoms with E-state index in [-0.39, 0.29) is 34.0 Å². The van der Waals surface area contributed by atoms with E-state index in [0.29, 0.717) is 36.0 Å². The monoisotopic (exact) mass is 384 g/mol. The molecule has 0 saturated carbocycles. The van der Waals surface area contributed by atoms with Crippen molar-refractivity contribution in [2.45, 2.75) is 66.2 Å². The third-order valence-electron chi connectivity index (χ3n) is 5.82. The van der Waals surface area contributed by atoms with Crippen molar-refractivity contribution < 1.29 is 19.1 Å². The minimum atomic E-state index is -0.646. The minimum Gasteiger partial charge on any atom is -0.512 e. The van der Waals surface area contributed by atoms with Gasteiger partial charge in [-0.25, -0.2) is 4.39 Å². The van der Waals surface area contributed by atoms with Crippen molar-refractivity contribution >= 4 is 11.6 Å². The Kier molecular flexibility index (Phi) is 5.11. The van der Waals surface area contributed by atoms with E-state index >= 15 is 0 Å². The molecule has 0 unspecified atom stereocenters. The van der Waals surface area contributed by atoms with Gasteiger partial charge < -0.3 is 5.11 Å². The minimum absolute atomic E-state index is 0.000934. The van der Waals surface area contributed by atoms with Crippen LogP contribution in [-0.4, -0.2) is 16.7 Å². The molecule has 0 amide bonds. The van der Waals surface area contributed by atoms with Crippen LogP contribution in [0.15, 0.2) is 46.7 Å². The first kappa shape index (κ1) is 20.5. The Bertz CT molecular complexity index is 833. The molecule has 0 spiro atoms. The molecule has 3 nitrogen and oxygen atoms in total. The summed E-state index contributed by atoms with van der Waals surface area (Å²) in [6.45, 7) is 9.94. The molecule has 4 heteroatoms. The van der Waals surface area contributed by atoms with E-state index < -0.39 is 5.92 Å². The van der Waals surface area contributed by atoms with Crippen LogP contribution in [0.3, 0.4) is 0 Å². The fraction of sp³-hybridized carbons (Fsp3) is 0.500. The van der Waals surface area contributed by atoms with Crippen molar-refractivity contribution in [3.05, 3.63) is 58.1 Å². The molecule has 3 rings (SSSR count). The summed E-state index contributed by atoms with van der Waals surface area (Å²) in [6, 6.07) is 5.90. The Morgan fingerprint density at radius 1 is 0.857 bits per heavy atom. The first-order valence-corrected chi connectivity index (χ1v) is 9.84. The molecule has 1 N–H and O–H groups in total. The third kappa shape index (κ3) is 3.96. The molecule has 0 heterocycles. The summed E-state index contributed by atoms with van der Waals surface area (Å²) in [5.74, 6) is -1.11. The number of carbonyl (C=O) groups excluding carboxylic acids is 2. The molecule has 150 valence electrons. The van der Waals surface area contributed by atoms with Crippen LogP contribution in [0.2, 0.25) is 0 Å². The Hall–Kier alpha value is -2.23. The number of halogens is 1. The quantitative estimate of drug-likeness (QED) is 0.715. The Labute approximate surface area is 166 Å². The summed E-state index contributed by atoms with van der Waals surface area (Å²) >= 11 is 0. The van der Waals surface area contributed by atoms with Gasteiger partial charge in [0.1, 0.15) is 11.6 Å². The number of hydrogen-bond donors (Lipinski definition) is 1. The summed E-state index contributed by atoms with van der Waals surface area (Å²) in [7, 11) is 0. The highest BCUT2D eigenvalue weighted by atomic mass is 19.1. The molecule has 1 aromatic carbocycles. The van der Waals surface area contributed by atoms with E-state index in [4.69, 9.17) is 0 Å². The van der Waals surface area contributed by atoms with E-state index in [1.54, 1.807) is 12.1 Å². The maximum Gasteiger partial charge on any atom is 0.163 e. The smallest absolute Gasteiger partial charge is 0.163 e. The summed E-state index contributed by atoms with van der Waals surface area (Å²) in [5, 5.41) is 10.8. The number of benzene rings is 1. The largest absolute Gasteiger partial charge is 0.512 e. The molecule has 0 aliphatic heterocycles. The number of ketones is 2. The normalized spacial score (nSPS) is 23.2. The first-order valence-electron chi connectivity index (χ1n) is 9.84. The van der Waals surface area contributed by atoms with Gasteiger partial charge in [-0.15, -0.1) is 0 Å². The van der Waals surface area contributed by atoms with Crippen molar-refractivity contribution in [1.82, 2.24) is 0 Å². The molecule has 0 aromatic heterocycles. The Balaban J connectivity index is 2.22. The van der Waals surface area contributed by atoms with Crippen LogP contribution in [-0.2, 0) is 9.59 Å². The van der Waals surface area contributed by atoms with E-state index in [9.17, 15) is 19.1 Å². The summed E-state index contributed by atoms with van der Waals surface area (Å²) in [6.07, 6.45) is 1.85. The van der Waals surface area contributed by atoms with Gasteiger partial charge in [0.2, 0.25) is 0 Å². The number of carbonyl (C=O) groups is 2. The standard InChI is InChI=1S/C24H29FO3/c1-14-10-23(2,3)11-17(26)20(14)21(15-6-8-16(25)9-7-15)22-18(27)12-24(4,5)13-19(22)28/h6-9,21,27H,10-13H2,1-5H3/t21-/m0/s1. The van der Waals surface area contributed by atoms with E-state index in [2.05, 4.69) is 13.8 Å². The zero-order valence-electron chi connectivity index (χ0n) is 17.4. The predicted molar refractivity (Wildman–Crippen MR) is 108 cm³/mol. The highest BCUT2D eigenvalue weighted by Gasteiger charge is 2.42. The average molecular weight is 384 g/mol. The molecule has 2 aliphatic rings. The van der Waals surface area contributed by atoms with Crippen LogP contribution >= 0.6 is 0 Å². The lowest BCUT2D eigenvalue weighted by atomic mass is 9.65. The van der Waals surface area contributed by atoms with Crippen LogP contribution in [0.4, 0.5) is 4.39 Å². The molecule has 28 heavy (non-hydrogen) atoms. The van der Waals surface area contributed by atoms with Crippen LogP contribution in [0.25, 0.3) is 0 Å². The van der Waals surface area contributed by atoms with Crippen molar-refractivity contribution in [1.29, 1.82) is 0 Å². The lowest BCUT2D eigenvalue weighted by Crippen LogP contribution is -2.33. The molecular formula is C24H29FO3. The zero-order chi connectivity index (χ0) is 20.9. The highest BCUT2D eigenvalue weighted by molar-refractivity contribution is 6.05. The fourth-order valence-corrected chi connectivity index (χ4v) is 4.81. The van der Waals surface area contributed by atoms with Gasteiger partial charge in [-0.1, -0.05) is 45.4 Å². The van der Waals surface area contributed by atoms with Gasteiger partial charge in [-0.3, -0.25) is 9.59 Å². The second-order valence-corrected chi connectivity index (χ2v) is 9.92. The molecule has 0 radical (unpaired) electrons. The van der Waals surface area contributed by atoms with Gasteiger partial charge in [0.15, 0.2) is 11.6 Å². The van der Waals surface area contributed by atoms with Crippen molar-refractivity contribution in [3.8, 4) is 0 Å². The number of hydrogen-bond acceptors (Lipinski definition) is 3. The van der Waals surface area contributed by atoms with Gasteiger partial charge in [0, 0.05) is 36.3 Å². The van der Waals surface area contributed by atoms with Crippen LogP contribution in [0.5, 0.6) is 0 Å². The molecule has 0 bridgehead atoms. The third-order valence-corrected chi connectivity index (χ3v) is 5.82. The maximum atomic E-state index is 13.5. The summed E-state index contributed by atoms with van der Waals surface area (Å²) in [4.78, 5) is 26.2. The second-order valence-electron chi connectivity index (χ2n) is 9.92. The second kappa shape index (κ2) is 6.98. The molecule has 0 saturated heterocycles. The van der Waals surface area contributed by atoms with Crippen molar-refractivity contribution in [2.75, 3.05) is 0 Å². The average Bonchev–Trinajstić information content (AvgIpc) is 2.50. The number of Topliss-reactive ketones (excluding diaryl/α,β-unsaturated/α-hetero) is 2. The number of rotatable bonds is 3. The SMILES string of the molecule is CC1=C([C@@H](C2=C(O)CC(C)(C)CC2=O)c2ccc(F)cc2)C(=O)CC(C)(C)C1. The van der Waals surface area contributed by atoms with Gasteiger partial charge in [0.25, 0.3) is 0 Å². The lowest BCUT2D eigenvalue weighted by molar-refractivity contribution is -0.119. The zero-order valence-corrected chi connectivity index (χ0v) is 17.4. The van der Waals surface area contributed by atoms with Crippen molar-refractivity contribution in [3.63, 3.8) is 0 Å². The molecular weight excluding hydrogens is 355 g/mol. The first-order chi connectivity index (χ1) is 12.9. The van der Waals surface area contributed by atoms with Gasteiger partial charge in [-0.05, 0) is 41.9 Å². The lowest BCUT2D eigenvalue weighted by Gasteiger charge is -2.37.